The maximum atomic E-state index is 10.9. The molecule has 0 spiro atoms. The highest BCUT2D eigenvalue weighted by atomic mass is 32.0. The van der Waals surface area contributed by atoms with Gasteiger partial charge in [-0.1, -0.05) is 28.7 Å². The van der Waals surface area contributed by atoms with Crippen molar-refractivity contribution in [3.05, 3.63) is 0 Å². The lowest BCUT2D eigenvalue weighted by Crippen LogP contribution is -2.14. The maximum absolute atomic E-state index is 10.9. The molecule has 0 radical (unpaired) electrons. The van der Waals surface area contributed by atoms with E-state index < -0.39 is 0 Å². The first-order valence-corrected chi connectivity index (χ1v) is 10.9. The highest BCUT2D eigenvalue weighted by Gasteiger charge is 2.02. The predicted molar refractivity (Wildman–Crippen MR) is 117 cm³/mol. The van der Waals surface area contributed by atoms with Crippen molar-refractivity contribution in [3.8, 4) is 0 Å². The zero-order valence-corrected chi connectivity index (χ0v) is 18.0. The van der Waals surface area contributed by atoms with Crippen molar-refractivity contribution in [2.45, 2.75) is 48.0 Å². The van der Waals surface area contributed by atoms with Gasteiger partial charge in [-0.05, 0) is 6.16 Å². The van der Waals surface area contributed by atoms with E-state index in [0.717, 1.165) is 6.16 Å². The van der Waals surface area contributed by atoms with Gasteiger partial charge in [0.1, 0.15) is 13.2 Å². The van der Waals surface area contributed by atoms with Crippen LogP contribution in [0.15, 0.2) is 0 Å². The van der Waals surface area contributed by atoms with Crippen LogP contribution in [0, 0.1) is 0 Å². The summed E-state index contributed by atoms with van der Waals surface area (Å²) in [5, 5.41) is 0. The number of carbonyl (C=O) groups excluding carboxylic acids is 4. The van der Waals surface area contributed by atoms with Crippen molar-refractivity contribution in [2.75, 3.05) is 40.1 Å². The molecule has 0 aliphatic rings. The fraction of sp³-hybridized carbons (Fsp3) is 0.765. The number of methoxy groups -OCH3 is 2. The summed E-state index contributed by atoms with van der Waals surface area (Å²) in [5.74, 6) is -1.04. The van der Waals surface area contributed by atoms with Gasteiger partial charge in [-0.2, -0.15) is 0 Å². The van der Waals surface area contributed by atoms with Crippen molar-refractivity contribution in [1.29, 1.82) is 0 Å². The zero-order chi connectivity index (χ0) is 20.8. The Labute approximate surface area is 173 Å². The Kier molecular flexibility index (Phi) is 40.7. The molecule has 2 unspecified atom stereocenters. The van der Waals surface area contributed by atoms with Crippen LogP contribution in [0.3, 0.4) is 0 Å². The predicted octanol–water partition coefficient (Wildman–Crippen LogP) is 2.30. The van der Waals surface area contributed by atoms with Gasteiger partial charge in [0.25, 0.3) is 0 Å². The lowest BCUT2D eigenvalue weighted by molar-refractivity contribution is -0.151. The van der Waals surface area contributed by atoms with Crippen LogP contribution >= 0.6 is 17.2 Å². The number of carbonyl (C=O) groups is 4. The third-order valence-corrected chi connectivity index (χ3v) is 3.69. The molecule has 2 atom stereocenters. The number of nitrogens with two attached hydrogens (primary N) is 1. The molecule has 9 nitrogen and oxygen atoms in total. The Bertz CT molecular complexity index is 367. The van der Waals surface area contributed by atoms with E-state index in [1.54, 1.807) is 13.8 Å². The molecule has 0 heterocycles. The molecule has 170 valence electrons. The second kappa shape index (κ2) is 30.4. The molecule has 0 aromatic heterocycles. The summed E-state index contributed by atoms with van der Waals surface area (Å²) < 4.78 is 17.9. The van der Waals surface area contributed by atoms with Gasteiger partial charge in [-0.25, -0.2) is 0 Å². The van der Waals surface area contributed by atoms with Crippen LogP contribution in [0.1, 0.15) is 48.0 Å². The van der Waals surface area contributed by atoms with Gasteiger partial charge in [0.15, 0.2) is 0 Å². The minimum atomic E-state index is -0.380. The third-order valence-electron chi connectivity index (χ3n) is 2.28. The average Bonchev–Trinajstić information content (AvgIpc) is 2.68. The Morgan fingerprint density at radius 3 is 1.50 bits per heavy atom. The summed E-state index contributed by atoms with van der Waals surface area (Å²) in [7, 11) is 5.94. The summed E-state index contributed by atoms with van der Waals surface area (Å²) in [6, 6.07) is 0. The van der Waals surface area contributed by atoms with E-state index in [4.69, 9.17) is 15.2 Å². The van der Waals surface area contributed by atoms with Crippen LogP contribution in [-0.4, -0.2) is 64.0 Å². The van der Waals surface area contributed by atoms with Crippen molar-refractivity contribution >= 4 is 41.1 Å². The monoisotopic (exact) mass is 447 g/mol. The Morgan fingerprint density at radius 2 is 1.25 bits per heavy atom. The van der Waals surface area contributed by atoms with Gasteiger partial charge < -0.3 is 24.7 Å². The molecule has 0 rings (SSSR count). The van der Waals surface area contributed by atoms with Gasteiger partial charge in [-0.3, -0.25) is 19.2 Å². The molecule has 0 aliphatic heterocycles. The Balaban J connectivity index is -0.000000106. The second-order valence-corrected chi connectivity index (χ2v) is 6.34. The molecule has 0 amide bonds. The van der Waals surface area contributed by atoms with Crippen LogP contribution in [0.25, 0.3) is 0 Å². The standard InChI is InChI=1S/C8H16O4P2.C4H8O2.C3H7NO2.2CH4/c1-2-7(9)11-4-5-12-8(10)3-6-14-13;1-3-4(5)6-2;1-6-3(5)2-4;;/h14H,2-6,13H2,1H3;3H2,1-2H3;2,4H2,1H3;2*1H4. The van der Waals surface area contributed by atoms with Crippen LogP contribution in [0.2, 0.25) is 0 Å². The Hall–Kier alpha value is -1.30. The first-order chi connectivity index (χ1) is 12.3. The molecule has 28 heavy (non-hydrogen) atoms. The molecule has 0 fully saturated rings. The van der Waals surface area contributed by atoms with Crippen LogP contribution in [0.4, 0.5) is 0 Å². The van der Waals surface area contributed by atoms with E-state index in [-0.39, 0.29) is 58.5 Å². The van der Waals surface area contributed by atoms with E-state index in [9.17, 15) is 19.2 Å². The lowest BCUT2D eigenvalue weighted by Gasteiger charge is -2.04. The van der Waals surface area contributed by atoms with E-state index >= 15 is 0 Å². The van der Waals surface area contributed by atoms with Gasteiger partial charge in [-0.15, -0.1) is 17.2 Å². The Morgan fingerprint density at radius 1 is 0.821 bits per heavy atom. The average molecular weight is 447 g/mol. The molecule has 2 N–H and O–H groups in total. The van der Waals surface area contributed by atoms with Crippen LogP contribution in [0.5, 0.6) is 0 Å². The number of hydrogen-bond acceptors (Lipinski definition) is 9. The van der Waals surface area contributed by atoms with Gasteiger partial charge in [0.2, 0.25) is 0 Å². The normalized spacial score (nSPS) is 8.50. The number of ether oxygens (including phenoxy) is 4. The van der Waals surface area contributed by atoms with Crippen LogP contribution < -0.4 is 5.73 Å². The summed E-state index contributed by atoms with van der Waals surface area (Å²) in [4.78, 5) is 41.4. The molecule has 0 saturated carbocycles. The minimum absolute atomic E-state index is 0. The van der Waals surface area contributed by atoms with Crippen molar-refractivity contribution in [2.24, 2.45) is 5.73 Å². The van der Waals surface area contributed by atoms with E-state index in [1.807, 2.05) is 0 Å². The molecule has 11 heteroatoms. The van der Waals surface area contributed by atoms with E-state index in [2.05, 4.69) is 18.4 Å². The molecular formula is C17H39NO8P2. The first kappa shape index (κ1) is 37.5. The number of hydrogen-bond donors (Lipinski definition) is 1. The zero-order valence-electron chi connectivity index (χ0n) is 15.9. The summed E-state index contributed by atoms with van der Waals surface area (Å²) in [5.41, 5.74) is 4.81. The third kappa shape index (κ3) is 35.7. The topological polar surface area (TPSA) is 131 Å². The van der Waals surface area contributed by atoms with Gasteiger partial charge in [0.05, 0.1) is 20.8 Å². The fourth-order valence-corrected chi connectivity index (χ4v) is 1.67. The number of esters is 4. The first-order valence-electron chi connectivity index (χ1n) is 7.91. The van der Waals surface area contributed by atoms with Gasteiger partial charge in [0, 0.05) is 19.3 Å². The van der Waals surface area contributed by atoms with Crippen molar-refractivity contribution in [3.63, 3.8) is 0 Å². The van der Waals surface area contributed by atoms with Crippen molar-refractivity contribution < 1.29 is 38.1 Å². The van der Waals surface area contributed by atoms with Gasteiger partial charge >= 0.3 is 23.9 Å². The molecule has 0 bridgehead atoms. The fourth-order valence-electron chi connectivity index (χ4n) is 0.887. The van der Waals surface area contributed by atoms with Crippen molar-refractivity contribution in [1.82, 2.24) is 0 Å². The number of rotatable bonds is 9. The molecule has 0 aliphatic carbocycles. The SMILES string of the molecule is C.C.CCC(=O)OC.CCC(=O)OCCOC(=O)CCPP.COC(=O)CN. The molecule has 0 aromatic rings. The summed E-state index contributed by atoms with van der Waals surface area (Å²) >= 11 is 0. The van der Waals surface area contributed by atoms with Crippen LogP contribution in [-0.2, 0) is 38.1 Å². The second-order valence-electron chi connectivity index (χ2n) is 4.21. The summed E-state index contributed by atoms with van der Waals surface area (Å²) in [6.45, 7) is 3.75. The maximum Gasteiger partial charge on any atom is 0.319 e. The molecule has 0 saturated heterocycles. The highest BCUT2D eigenvalue weighted by molar-refractivity contribution is 8.02. The highest BCUT2D eigenvalue weighted by Crippen LogP contribution is 2.20. The van der Waals surface area contributed by atoms with E-state index in [1.165, 1.54) is 14.2 Å². The van der Waals surface area contributed by atoms with E-state index in [0.29, 0.717) is 27.5 Å². The lowest BCUT2D eigenvalue weighted by atomic mass is 10.5. The minimum Gasteiger partial charge on any atom is -0.469 e. The smallest absolute Gasteiger partial charge is 0.319 e. The quantitative estimate of drug-likeness (QED) is 0.245. The largest absolute Gasteiger partial charge is 0.469 e. The molecule has 0 aromatic carbocycles. The summed E-state index contributed by atoms with van der Waals surface area (Å²) in [6.07, 6.45) is 2.08. The molecular weight excluding hydrogens is 408 g/mol.